The van der Waals surface area contributed by atoms with E-state index < -0.39 is 0 Å². The Morgan fingerprint density at radius 3 is 2.47 bits per heavy atom. The van der Waals surface area contributed by atoms with E-state index in [1.54, 1.807) is 11.9 Å². The molecule has 30 heavy (non-hydrogen) atoms. The molecule has 1 atom stereocenters. The summed E-state index contributed by atoms with van der Waals surface area (Å²) in [6.45, 7) is 1.89. The predicted octanol–water partition coefficient (Wildman–Crippen LogP) is 5.05. The fourth-order valence-corrected chi connectivity index (χ4v) is 5.20. The lowest BCUT2D eigenvalue weighted by atomic mass is 9.95. The quantitative estimate of drug-likeness (QED) is 0.428. The average molecular weight is 422 g/mol. The van der Waals surface area contributed by atoms with Crippen LogP contribution in [0, 0.1) is 0 Å². The monoisotopic (exact) mass is 421 g/mol. The highest BCUT2D eigenvalue weighted by Gasteiger charge is 2.26. The van der Waals surface area contributed by atoms with Crippen molar-refractivity contribution in [2.24, 2.45) is 0 Å². The highest BCUT2D eigenvalue weighted by atomic mass is 32.2. The number of anilines is 1. The van der Waals surface area contributed by atoms with Gasteiger partial charge in [-0.1, -0.05) is 61.4 Å². The van der Waals surface area contributed by atoms with Crippen LogP contribution in [0.25, 0.3) is 10.9 Å². The van der Waals surface area contributed by atoms with Crippen molar-refractivity contribution in [3.8, 4) is 0 Å². The Balaban J connectivity index is 1.68. The van der Waals surface area contributed by atoms with Gasteiger partial charge in [-0.15, -0.1) is 0 Å². The zero-order valence-corrected chi connectivity index (χ0v) is 18.3. The van der Waals surface area contributed by atoms with Crippen LogP contribution in [0.2, 0.25) is 0 Å². The predicted molar refractivity (Wildman–Crippen MR) is 123 cm³/mol. The Kier molecular flexibility index (Phi) is 6.23. The highest BCUT2D eigenvalue weighted by Crippen LogP contribution is 2.33. The lowest BCUT2D eigenvalue weighted by molar-refractivity contribution is -0.117. The van der Waals surface area contributed by atoms with Crippen molar-refractivity contribution >= 4 is 34.3 Å². The maximum Gasteiger partial charge on any atom is 0.262 e. The second-order valence-electron chi connectivity index (χ2n) is 7.87. The van der Waals surface area contributed by atoms with E-state index in [9.17, 15) is 9.59 Å². The molecule has 4 rings (SSSR count). The van der Waals surface area contributed by atoms with Gasteiger partial charge >= 0.3 is 0 Å². The van der Waals surface area contributed by atoms with Crippen molar-refractivity contribution in [2.45, 2.75) is 55.5 Å². The number of benzene rings is 2. The minimum atomic E-state index is -0.363. The number of carbonyl (C=O) groups excluding carboxylic acids is 1. The summed E-state index contributed by atoms with van der Waals surface area (Å²) in [4.78, 5) is 32.9. The van der Waals surface area contributed by atoms with E-state index in [1.807, 2.05) is 66.1 Å². The van der Waals surface area contributed by atoms with E-state index in [-0.39, 0.29) is 22.8 Å². The Morgan fingerprint density at radius 2 is 1.73 bits per heavy atom. The molecular weight excluding hydrogens is 394 g/mol. The average Bonchev–Trinajstić information content (AvgIpc) is 2.79. The molecule has 0 radical (unpaired) electrons. The van der Waals surface area contributed by atoms with E-state index in [4.69, 9.17) is 4.98 Å². The van der Waals surface area contributed by atoms with Gasteiger partial charge in [-0.3, -0.25) is 14.2 Å². The van der Waals surface area contributed by atoms with Gasteiger partial charge in [0.2, 0.25) is 5.91 Å². The van der Waals surface area contributed by atoms with E-state index in [1.165, 1.54) is 18.2 Å². The standard InChI is InChI=1S/C24H27N3O2S/c1-17(22(28)26(2)18-11-5-3-6-12-18)30-24-25-21-16-10-9-15-20(21)23(29)27(24)19-13-7-4-8-14-19/h3,5-6,9-12,15-17,19H,4,7-8,13-14H2,1-2H3/t17-/m1/s1. The van der Waals surface area contributed by atoms with Gasteiger partial charge in [-0.2, -0.15) is 0 Å². The molecule has 0 unspecified atom stereocenters. The second kappa shape index (κ2) is 9.04. The van der Waals surface area contributed by atoms with Crippen LogP contribution in [-0.4, -0.2) is 27.8 Å². The SMILES string of the molecule is C[C@@H](Sc1nc2ccccc2c(=O)n1C1CCCCC1)C(=O)N(C)c1ccccc1. The van der Waals surface area contributed by atoms with Crippen molar-refractivity contribution in [1.82, 2.24) is 9.55 Å². The van der Waals surface area contributed by atoms with Gasteiger partial charge in [0.15, 0.2) is 5.16 Å². The molecule has 156 valence electrons. The summed E-state index contributed by atoms with van der Waals surface area (Å²) < 4.78 is 1.86. The number of aromatic nitrogens is 2. The highest BCUT2D eigenvalue weighted by molar-refractivity contribution is 8.00. The largest absolute Gasteiger partial charge is 0.315 e. The zero-order valence-electron chi connectivity index (χ0n) is 17.5. The molecular formula is C24H27N3O2S. The topological polar surface area (TPSA) is 55.2 Å². The molecule has 1 amide bonds. The van der Waals surface area contributed by atoms with Crippen LogP contribution in [0.15, 0.2) is 64.5 Å². The van der Waals surface area contributed by atoms with Crippen LogP contribution in [0.3, 0.4) is 0 Å². The molecule has 6 heteroatoms. The van der Waals surface area contributed by atoms with Gasteiger partial charge in [-0.25, -0.2) is 4.98 Å². The summed E-state index contributed by atoms with van der Waals surface area (Å²) in [6.07, 6.45) is 5.43. The molecule has 3 aromatic rings. The summed E-state index contributed by atoms with van der Waals surface area (Å²) in [6, 6.07) is 17.2. The minimum Gasteiger partial charge on any atom is -0.315 e. The van der Waals surface area contributed by atoms with E-state index >= 15 is 0 Å². The van der Waals surface area contributed by atoms with E-state index in [0.29, 0.717) is 16.1 Å². The molecule has 1 fully saturated rings. The summed E-state index contributed by atoms with van der Waals surface area (Å²) in [5.41, 5.74) is 1.55. The number of rotatable bonds is 5. The number of hydrogen-bond acceptors (Lipinski definition) is 4. The first kappa shape index (κ1) is 20.7. The first-order valence-corrected chi connectivity index (χ1v) is 11.4. The molecule has 1 aliphatic carbocycles. The van der Waals surface area contributed by atoms with Crippen molar-refractivity contribution in [3.63, 3.8) is 0 Å². The van der Waals surface area contributed by atoms with Crippen LogP contribution in [0.5, 0.6) is 0 Å². The van der Waals surface area contributed by atoms with Crippen LogP contribution in [-0.2, 0) is 4.79 Å². The number of nitrogens with zero attached hydrogens (tertiary/aromatic N) is 3. The third-order valence-electron chi connectivity index (χ3n) is 5.82. The molecule has 1 aromatic heterocycles. The summed E-state index contributed by atoms with van der Waals surface area (Å²) in [7, 11) is 1.79. The molecule has 0 N–H and O–H groups in total. The van der Waals surface area contributed by atoms with Crippen molar-refractivity contribution < 1.29 is 4.79 Å². The fourth-order valence-electron chi connectivity index (χ4n) is 4.13. The number of amides is 1. The minimum absolute atomic E-state index is 0.00561. The van der Waals surface area contributed by atoms with Gasteiger partial charge in [0.25, 0.3) is 5.56 Å². The number of para-hydroxylation sites is 2. The maximum atomic E-state index is 13.4. The maximum absolute atomic E-state index is 13.4. The van der Waals surface area contributed by atoms with Crippen LogP contribution >= 0.6 is 11.8 Å². The molecule has 1 heterocycles. The van der Waals surface area contributed by atoms with Gasteiger partial charge in [0.1, 0.15) is 0 Å². The molecule has 5 nitrogen and oxygen atoms in total. The lowest BCUT2D eigenvalue weighted by Crippen LogP contribution is -2.34. The molecule has 0 bridgehead atoms. The molecule has 0 spiro atoms. The number of thioether (sulfide) groups is 1. The number of fused-ring (bicyclic) bond motifs is 1. The Hall–Kier alpha value is -2.60. The van der Waals surface area contributed by atoms with Gasteiger partial charge in [0.05, 0.1) is 16.2 Å². The Labute approximate surface area is 181 Å². The van der Waals surface area contributed by atoms with E-state index in [2.05, 4.69) is 0 Å². The summed E-state index contributed by atoms with van der Waals surface area (Å²) in [5.74, 6) is -0.0104. The van der Waals surface area contributed by atoms with Crippen molar-refractivity contribution in [1.29, 1.82) is 0 Å². The molecule has 0 saturated heterocycles. The van der Waals surface area contributed by atoms with Crippen molar-refractivity contribution in [3.05, 3.63) is 65.0 Å². The smallest absolute Gasteiger partial charge is 0.262 e. The molecule has 1 aliphatic rings. The van der Waals surface area contributed by atoms with Crippen molar-refractivity contribution in [2.75, 3.05) is 11.9 Å². The lowest BCUT2D eigenvalue weighted by Gasteiger charge is -2.27. The Morgan fingerprint density at radius 1 is 1.07 bits per heavy atom. The first-order chi connectivity index (χ1) is 14.6. The number of carbonyl (C=O) groups is 1. The second-order valence-corrected chi connectivity index (χ2v) is 9.18. The third kappa shape index (κ3) is 4.15. The fraction of sp³-hybridized carbons (Fsp3) is 0.375. The number of hydrogen-bond donors (Lipinski definition) is 0. The molecule has 0 aliphatic heterocycles. The third-order valence-corrected chi connectivity index (χ3v) is 6.87. The summed E-state index contributed by atoms with van der Waals surface area (Å²) in [5, 5.41) is 0.929. The normalized spacial score (nSPS) is 15.8. The Bertz CT molecular complexity index is 1090. The molecule has 1 saturated carbocycles. The van der Waals surface area contributed by atoms with Gasteiger partial charge in [0, 0.05) is 18.8 Å². The molecule has 2 aromatic carbocycles. The van der Waals surface area contributed by atoms with E-state index in [0.717, 1.165) is 31.4 Å². The zero-order chi connectivity index (χ0) is 21.1. The first-order valence-electron chi connectivity index (χ1n) is 10.6. The van der Waals surface area contributed by atoms with Crippen LogP contribution in [0.4, 0.5) is 5.69 Å². The van der Waals surface area contributed by atoms with Gasteiger partial charge < -0.3 is 4.90 Å². The van der Waals surface area contributed by atoms with Crippen LogP contribution < -0.4 is 10.5 Å². The summed E-state index contributed by atoms with van der Waals surface area (Å²) >= 11 is 1.38. The van der Waals surface area contributed by atoms with Gasteiger partial charge in [-0.05, 0) is 44.0 Å². The van der Waals surface area contributed by atoms with Crippen LogP contribution in [0.1, 0.15) is 45.1 Å².